The number of nitrogens with two attached hydrogens (primary N) is 1. The molecule has 0 radical (unpaired) electrons. The normalized spacial score (nSPS) is 13.6. The van der Waals surface area contributed by atoms with Gasteiger partial charge in [-0.05, 0) is 50.9 Å². The van der Waals surface area contributed by atoms with Crippen molar-refractivity contribution in [1.82, 2.24) is 4.90 Å². The highest BCUT2D eigenvalue weighted by Gasteiger charge is 2.22. The number of aryl methyl sites for hydroxylation is 2. The van der Waals surface area contributed by atoms with E-state index in [1.165, 1.54) is 0 Å². The maximum atomic E-state index is 5.53. The fourth-order valence-corrected chi connectivity index (χ4v) is 2.68. The average molecular weight is 291 g/mol. The molecular formula is C17H29N3O. The van der Waals surface area contributed by atoms with Crippen molar-refractivity contribution in [3.8, 4) is 0 Å². The van der Waals surface area contributed by atoms with Gasteiger partial charge in [-0.3, -0.25) is 4.90 Å². The van der Waals surface area contributed by atoms with Gasteiger partial charge in [-0.15, -0.1) is 0 Å². The molecule has 0 amide bonds. The SMILES string of the molecule is CCCN(CC)C(CC)C(=Nc1c(C)cccc1C)ON. The Morgan fingerprint density at radius 3 is 2.29 bits per heavy atom. The predicted molar refractivity (Wildman–Crippen MR) is 89.9 cm³/mol. The second-order valence-corrected chi connectivity index (χ2v) is 5.36. The molecule has 0 aromatic heterocycles. The minimum Gasteiger partial charge on any atom is -0.394 e. The third-order valence-electron chi connectivity index (χ3n) is 3.81. The van der Waals surface area contributed by atoms with Crippen molar-refractivity contribution in [1.29, 1.82) is 0 Å². The fourth-order valence-electron chi connectivity index (χ4n) is 2.68. The van der Waals surface area contributed by atoms with Gasteiger partial charge in [-0.1, -0.05) is 39.0 Å². The standard InChI is InChI=1S/C17H29N3O/c1-6-12-20(8-3)15(7-2)17(21-18)19-16-13(4)10-9-11-14(16)5/h9-11,15H,6-8,12,18H2,1-5H3. The van der Waals surface area contributed by atoms with E-state index < -0.39 is 0 Å². The Hall–Kier alpha value is -1.39. The van der Waals surface area contributed by atoms with Crippen LogP contribution >= 0.6 is 0 Å². The van der Waals surface area contributed by atoms with Crippen molar-refractivity contribution in [3.63, 3.8) is 0 Å². The molecule has 0 bridgehead atoms. The number of aliphatic imine (C=N–C) groups is 1. The molecule has 1 aromatic rings. The molecule has 118 valence electrons. The highest BCUT2D eigenvalue weighted by molar-refractivity contribution is 5.85. The van der Waals surface area contributed by atoms with Crippen LogP contribution in [0.25, 0.3) is 0 Å². The minimum atomic E-state index is 0.124. The summed E-state index contributed by atoms with van der Waals surface area (Å²) in [5.41, 5.74) is 3.24. The molecule has 1 unspecified atom stereocenters. The molecule has 4 nitrogen and oxygen atoms in total. The number of likely N-dealkylation sites (N-methyl/N-ethyl adjacent to an activating group) is 1. The third-order valence-corrected chi connectivity index (χ3v) is 3.81. The first-order chi connectivity index (χ1) is 10.1. The summed E-state index contributed by atoms with van der Waals surface area (Å²) in [4.78, 5) is 12.2. The van der Waals surface area contributed by atoms with E-state index in [-0.39, 0.29) is 6.04 Å². The minimum absolute atomic E-state index is 0.124. The van der Waals surface area contributed by atoms with Crippen LogP contribution in [0.5, 0.6) is 0 Å². The van der Waals surface area contributed by atoms with E-state index in [0.29, 0.717) is 5.90 Å². The molecule has 1 rings (SSSR count). The topological polar surface area (TPSA) is 50.8 Å². The van der Waals surface area contributed by atoms with Crippen LogP contribution in [0.15, 0.2) is 23.2 Å². The maximum Gasteiger partial charge on any atom is 0.231 e. The van der Waals surface area contributed by atoms with Crippen molar-refractivity contribution in [3.05, 3.63) is 29.3 Å². The Bertz CT molecular complexity index is 451. The van der Waals surface area contributed by atoms with Gasteiger partial charge in [0.25, 0.3) is 0 Å². The zero-order chi connectivity index (χ0) is 15.8. The third kappa shape index (κ3) is 4.55. The monoisotopic (exact) mass is 291 g/mol. The van der Waals surface area contributed by atoms with Gasteiger partial charge in [0.15, 0.2) is 0 Å². The number of rotatable bonds is 7. The first-order valence-electron chi connectivity index (χ1n) is 7.84. The van der Waals surface area contributed by atoms with Crippen LogP contribution in [0.4, 0.5) is 5.69 Å². The molecule has 21 heavy (non-hydrogen) atoms. The molecular weight excluding hydrogens is 262 g/mol. The van der Waals surface area contributed by atoms with Crippen LogP contribution in [-0.2, 0) is 4.84 Å². The fraction of sp³-hybridized carbons (Fsp3) is 0.588. The molecule has 0 aliphatic rings. The van der Waals surface area contributed by atoms with Gasteiger partial charge in [0.05, 0.1) is 11.7 Å². The van der Waals surface area contributed by atoms with Crippen molar-refractivity contribution >= 4 is 11.6 Å². The Morgan fingerprint density at radius 1 is 1.24 bits per heavy atom. The first kappa shape index (κ1) is 17.7. The molecule has 4 heteroatoms. The van der Waals surface area contributed by atoms with Gasteiger partial charge in [0, 0.05) is 0 Å². The predicted octanol–water partition coefficient (Wildman–Crippen LogP) is 3.73. The highest BCUT2D eigenvalue weighted by Crippen LogP contribution is 2.24. The molecule has 0 spiro atoms. The number of benzene rings is 1. The van der Waals surface area contributed by atoms with Crippen LogP contribution in [-0.4, -0.2) is 29.9 Å². The van der Waals surface area contributed by atoms with Crippen LogP contribution in [0.3, 0.4) is 0 Å². The van der Waals surface area contributed by atoms with Crippen molar-refractivity contribution in [2.45, 2.75) is 53.5 Å². The number of hydrogen-bond donors (Lipinski definition) is 1. The summed E-state index contributed by atoms with van der Waals surface area (Å²) in [7, 11) is 0. The van der Waals surface area contributed by atoms with E-state index in [1.807, 2.05) is 6.07 Å². The summed E-state index contributed by atoms with van der Waals surface area (Å²) in [6.45, 7) is 12.6. The van der Waals surface area contributed by atoms with Gasteiger partial charge in [0.2, 0.25) is 5.90 Å². The number of nitrogens with zero attached hydrogens (tertiary/aromatic N) is 2. The Balaban J connectivity index is 3.17. The van der Waals surface area contributed by atoms with Gasteiger partial charge in [-0.25, -0.2) is 4.99 Å². The molecule has 0 saturated heterocycles. The largest absolute Gasteiger partial charge is 0.394 e. The van der Waals surface area contributed by atoms with Gasteiger partial charge in [0.1, 0.15) is 0 Å². The van der Waals surface area contributed by atoms with Crippen molar-refractivity contribution in [2.24, 2.45) is 10.9 Å². The smallest absolute Gasteiger partial charge is 0.231 e. The zero-order valence-corrected chi connectivity index (χ0v) is 14.0. The van der Waals surface area contributed by atoms with E-state index in [4.69, 9.17) is 15.7 Å². The van der Waals surface area contributed by atoms with E-state index >= 15 is 0 Å². The molecule has 0 aliphatic carbocycles. The zero-order valence-electron chi connectivity index (χ0n) is 14.0. The Kier molecular flexibility index (Phi) is 7.40. The lowest BCUT2D eigenvalue weighted by atomic mass is 10.1. The van der Waals surface area contributed by atoms with E-state index in [0.717, 1.165) is 42.7 Å². The van der Waals surface area contributed by atoms with Crippen LogP contribution in [0.1, 0.15) is 44.7 Å². The van der Waals surface area contributed by atoms with Crippen LogP contribution < -0.4 is 5.90 Å². The van der Waals surface area contributed by atoms with Crippen molar-refractivity contribution < 1.29 is 4.84 Å². The summed E-state index contributed by atoms with van der Waals surface area (Å²) >= 11 is 0. The first-order valence-corrected chi connectivity index (χ1v) is 7.84. The number of hydrogen-bond acceptors (Lipinski definition) is 4. The molecule has 0 aliphatic heterocycles. The summed E-state index contributed by atoms with van der Waals surface area (Å²) in [6.07, 6.45) is 2.03. The summed E-state index contributed by atoms with van der Waals surface area (Å²) in [5.74, 6) is 6.13. The van der Waals surface area contributed by atoms with Crippen molar-refractivity contribution in [2.75, 3.05) is 13.1 Å². The quantitative estimate of drug-likeness (QED) is 0.473. The van der Waals surface area contributed by atoms with E-state index in [9.17, 15) is 0 Å². The molecule has 1 aromatic carbocycles. The highest BCUT2D eigenvalue weighted by atomic mass is 16.6. The lowest BCUT2D eigenvalue weighted by Crippen LogP contribution is -2.43. The van der Waals surface area contributed by atoms with E-state index in [2.05, 4.69) is 51.7 Å². The summed E-state index contributed by atoms with van der Waals surface area (Å²) in [6, 6.07) is 6.29. The van der Waals surface area contributed by atoms with Gasteiger partial charge < -0.3 is 4.84 Å². The van der Waals surface area contributed by atoms with Gasteiger partial charge >= 0.3 is 0 Å². The van der Waals surface area contributed by atoms with E-state index in [1.54, 1.807) is 0 Å². The summed E-state index contributed by atoms with van der Waals surface area (Å²) in [5, 5.41) is 0. The molecule has 2 N–H and O–H groups in total. The lowest BCUT2D eigenvalue weighted by Gasteiger charge is -2.29. The van der Waals surface area contributed by atoms with Crippen LogP contribution in [0, 0.1) is 13.8 Å². The number of para-hydroxylation sites is 1. The Morgan fingerprint density at radius 2 is 1.86 bits per heavy atom. The summed E-state index contributed by atoms with van der Waals surface area (Å²) < 4.78 is 0. The molecule has 0 saturated carbocycles. The molecule has 0 heterocycles. The molecule has 1 atom stereocenters. The molecule has 0 fully saturated rings. The Labute approximate surface area is 129 Å². The van der Waals surface area contributed by atoms with Crippen LogP contribution in [0.2, 0.25) is 0 Å². The lowest BCUT2D eigenvalue weighted by molar-refractivity contribution is 0.204. The second kappa shape index (κ2) is 8.80. The second-order valence-electron chi connectivity index (χ2n) is 5.36. The maximum absolute atomic E-state index is 5.53. The van der Waals surface area contributed by atoms with Gasteiger partial charge in [-0.2, -0.15) is 5.90 Å². The average Bonchev–Trinajstić information content (AvgIpc) is 2.48.